The number of unbranched alkanes of at least 4 members (excludes halogenated alkanes) is 1. The van der Waals surface area contributed by atoms with Gasteiger partial charge in [-0.05, 0) is 24.1 Å². The number of aromatic nitrogens is 1. The van der Waals surface area contributed by atoms with Crippen LogP contribution in [0.4, 0.5) is 0 Å². The number of likely N-dealkylation sites (N-methyl/N-ethyl adjacent to an activating group) is 1. The quantitative estimate of drug-likeness (QED) is 0.769. The fourth-order valence-electron chi connectivity index (χ4n) is 2.26. The van der Waals surface area contributed by atoms with Crippen molar-refractivity contribution in [3.63, 3.8) is 0 Å². The van der Waals surface area contributed by atoms with Crippen molar-refractivity contribution in [1.82, 2.24) is 9.47 Å². The summed E-state index contributed by atoms with van der Waals surface area (Å²) in [6.07, 6.45) is 5.33. The molecule has 0 saturated heterocycles. The Morgan fingerprint density at radius 1 is 1.13 bits per heavy atom. The van der Waals surface area contributed by atoms with E-state index in [1.54, 1.807) is 36.4 Å². The summed E-state index contributed by atoms with van der Waals surface area (Å²) in [5, 5.41) is 0. The van der Waals surface area contributed by atoms with Crippen LogP contribution in [0.1, 0.15) is 25.3 Å². The lowest BCUT2D eigenvalue weighted by molar-refractivity contribution is -0.124. The van der Waals surface area contributed by atoms with Gasteiger partial charge < -0.3 is 4.90 Å². The van der Waals surface area contributed by atoms with Crippen molar-refractivity contribution in [3.8, 4) is 0 Å². The highest BCUT2D eigenvalue weighted by Crippen LogP contribution is 2.13. The molecule has 1 amide bonds. The molecule has 1 aromatic carbocycles. The number of pyridine rings is 1. The van der Waals surface area contributed by atoms with E-state index >= 15 is 0 Å². The van der Waals surface area contributed by atoms with Crippen LogP contribution < -0.4 is 5.56 Å². The summed E-state index contributed by atoms with van der Waals surface area (Å²) in [5.74, 6) is -0.157. The Labute approximate surface area is 136 Å². The third-order valence-electron chi connectivity index (χ3n) is 3.60. The van der Waals surface area contributed by atoms with Gasteiger partial charge in [0.2, 0.25) is 0 Å². The molecule has 2 aromatic rings. The third-order valence-corrected chi connectivity index (χ3v) is 3.60. The van der Waals surface area contributed by atoms with E-state index in [9.17, 15) is 9.59 Å². The molecular weight excluding hydrogens is 288 g/mol. The van der Waals surface area contributed by atoms with Gasteiger partial charge in [-0.25, -0.2) is 0 Å². The van der Waals surface area contributed by atoms with Crippen LogP contribution in [0.15, 0.2) is 59.5 Å². The Morgan fingerprint density at radius 3 is 2.48 bits per heavy atom. The molecule has 0 fully saturated rings. The number of hydrogen-bond donors (Lipinski definition) is 0. The molecule has 4 heteroatoms. The van der Waals surface area contributed by atoms with Gasteiger partial charge in [0.1, 0.15) is 5.70 Å². The van der Waals surface area contributed by atoms with E-state index in [1.807, 2.05) is 30.3 Å². The van der Waals surface area contributed by atoms with E-state index in [0.29, 0.717) is 12.2 Å². The van der Waals surface area contributed by atoms with Gasteiger partial charge in [-0.3, -0.25) is 14.2 Å². The molecule has 0 aliphatic heterocycles. The predicted octanol–water partition coefficient (Wildman–Crippen LogP) is 3.10. The van der Waals surface area contributed by atoms with Gasteiger partial charge in [-0.1, -0.05) is 49.7 Å². The zero-order valence-electron chi connectivity index (χ0n) is 13.6. The fraction of sp³-hybridized carbons (Fsp3) is 0.263. The molecule has 1 aromatic heterocycles. The fourth-order valence-corrected chi connectivity index (χ4v) is 2.26. The molecule has 0 aliphatic rings. The number of nitrogens with zero attached hydrogens (tertiary/aromatic N) is 2. The van der Waals surface area contributed by atoms with E-state index in [1.165, 1.54) is 10.6 Å². The molecule has 0 atom stereocenters. The minimum Gasteiger partial charge on any atom is -0.340 e. The van der Waals surface area contributed by atoms with Crippen molar-refractivity contribution in [1.29, 1.82) is 0 Å². The van der Waals surface area contributed by atoms with Crippen LogP contribution in [0, 0.1) is 0 Å². The van der Waals surface area contributed by atoms with Crippen molar-refractivity contribution in [2.45, 2.75) is 19.8 Å². The summed E-state index contributed by atoms with van der Waals surface area (Å²) in [6, 6.07) is 14.4. The minimum atomic E-state index is -0.216. The topological polar surface area (TPSA) is 42.3 Å². The Bertz CT molecular complexity index is 732. The van der Waals surface area contributed by atoms with Gasteiger partial charge in [0.25, 0.3) is 11.5 Å². The number of amides is 1. The normalized spacial score (nSPS) is 11.3. The van der Waals surface area contributed by atoms with Crippen LogP contribution in [-0.4, -0.2) is 29.0 Å². The predicted molar refractivity (Wildman–Crippen MR) is 93.9 cm³/mol. The molecular formula is C19H22N2O2. The summed E-state index contributed by atoms with van der Waals surface area (Å²) < 4.78 is 1.40. The highest BCUT2D eigenvalue weighted by atomic mass is 16.2. The van der Waals surface area contributed by atoms with E-state index < -0.39 is 0 Å². The van der Waals surface area contributed by atoms with Crippen LogP contribution in [0.25, 0.3) is 11.8 Å². The van der Waals surface area contributed by atoms with Crippen molar-refractivity contribution in [2.75, 3.05) is 13.6 Å². The van der Waals surface area contributed by atoms with Gasteiger partial charge in [-0.15, -0.1) is 0 Å². The lowest BCUT2D eigenvalue weighted by Crippen LogP contribution is -2.33. The second-order valence-electron chi connectivity index (χ2n) is 5.43. The third kappa shape index (κ3) is 4.42. The molecule has 0 spiro atoms. The molecule has 0 bridgehead atoms. The lowest BCUT2D eigenvalue weighted by Gasteiger charge is -2.19. The molecule has 4 nitrogen and oxygen atoms in total. The molecule has 0 unspecified atom stereocenters. The number of hydrogen-bond acceptors (Lipinski definition) is 2. The first-order valence-corrected chi connectivity index (χ1v) is 7.83. The van der Waals surface area contributed by atoms with Crippen LogP contribution >= 0.6 is 0 Å². The summed E-state index contributed by atoms with van der Waals surface area (Å²) in [6.45, 7) is 2.75. The van der Waals surface area contributed by atoms with Crippen molar-refractivity contribution in [3.05, 3.63) is 70.6 Å². The zero-order chi connectivity index (χ0) is 16.7. The molecule has 2 rings (SSSR count). The first-order chi connectivity index (χ1) is 11.1. The van der Waals surface area contributed by atoms with E-state index in [2.05, 4.69) is 6.92 Å². The van der Waals surface area contributed by atoms with Crippen LogP contribution in [0.5, 0.6) is 0 Å². The van der Waals surface area contributed by atoms with Gasteiger partial charge in [0.15, 0.2) is 0 Å². The molecule has 120 valence electrons. The van der Waals surface area contributed by atoms with Gasteiger partial charge in [-0.2, -0.15) is 0 Å². The Kier molecular flexibility index (Phi) is 5.92. The molecule has 0 aliphatic carbocycles. The molecule has 23 heavy (non-hydrogen) atoms. The lowest BCUT2D eigenvalue weighted by atomic mass is 10.1. The van der Waals surface area contributed by atoms with Crippen molar-refractivity contribution in [2.24, 2.45) is 0 Å². The molecule has 1 heterocycles. The van der Waals surface area contributed by atoms with Crippen molar-refractivity contribution < 1.29 is 4.79 Å². The Balaban J connectivity index is 2.44. The average Bonchev–Trinajstić information content (AvgIpc) is 2.58. The van der Waals surface area contributed by atoms with Gasteiger partial charge in [0, 0.05) is 25.9 Å². The van der Waals surface area contributed by atoms with Gasteiger partial charge >= 0.3 is 0 Å². The maximum absolute atomic E-state index is 12.8. The first-order valence-electron chi connectivity index (χ1n) is 7.83. The second kappa shape index (κ2) is 8.13. The summed E-state index contributed by atoms with van der Waals surface area (Å²) in [5.41, 5.74) is 1.03. The molecule has 0 saturated carbocycles. The number of rotatable bonds is 6. The first kappa shape index (κ1) is 16.7. The maximum Gasteiger partial charge on any atom is 0.270 e. The number of carbonyl (C=O) groups is 1. The Morgan fingerprint density at radius 2 is 1.83 bits per heavy atom. The average molecular weight is 310 g/mol. The van der Waals surface area contributed by atoms with Crippen LogP contribution in [0.2, 0.25) is 0 Å². The molecule has 0 radical (unpaired) electrons. The highest BCUT2D eigenvalue weighted by molar-refractivity contribution is 6.18. The second-order valence-corrected chi connectivity index (χ2v) is 5.43. The summed E-state index contributed by atoms with van der Waals surface area (Å²) in [4.78, 5) is 26.6. The largest absolute Gasteiger partial charge is 0.340 e. The monoisotopic (exact) mass is 310 g/mol. The maximum atomic E-state index is 12.8. The van der Waals surface area contributed by atoms with E-state index in [4.69, 9.17) is 0 Å². The van der Waals surface area contributed by atoms with E-state index in [-0.39, 0.29) is 11.5 Å². The Hall–Kier alpha value is -2.62. The highest BCUT2D eigenvalue weighted by Gasteiger charge is 2.17. The number of carbonyl (C=O) groups excluding carboxylic acids is 1. The summed E-state index contributed by atoms with van der Waals surface area (Å²) in [7, 11) is 1.77. The smallest absolute Gasteiger partial charge is 0.270 e. The van der Waals surface area contributed by atoms with Crippen LogP contribution in [-0.2, 0) is 4.79 Å². The minimum absolute atomic E-state index is 0.157. The van der Waals surface area contributed by atoms with Crippen molar-refractivity contribution >= 4 is 17.7 Å². The zero-order valence-corrected chi connectivity index (χ0v) is 13.6. The number of benzene rings is 1. The molecule has 0 N–H and O–H groups in total. The van der Waals surface area contributed by atoms with E-state index in [0.717, 1.165) is 18.4 Å². The SMILES string of the molecule is CCCCN(C)C(=O)/C(=C\c1ccccc1)n1ccccc1=O. The summed E-state index contributed by atoms with van der Waals surface area (Å²) >= 11 is 0. The standard InChI is InChI=1S/C19H22N2O2/c1-3-4-13-20(2)19(23)17(15-16-10-6-5-7-11-16)21-14-9-8-12-18(21)22/h5-12,14-15H,3-4,13H2,1-2H3/b17-15+. The van der Waals surface area contributed by atoms with Gasteiger partial charge in [0.05, 0.1) is 0 Å². The van der Waals surface area contributed by atoms with Crippen LogP contribution in [0.3, 0.4) is 0 Å².